The molecule has 1 fully saturated rings. The number of halogens is 2. The maximum Gasteiger partial charge on any atom is 0.126 e. The molecule has 1 saturated carbocycles. The van der Waals surface area contributed by atoms with Gasteiger partial charge in [0, 0.05) is 18.0 Å². The van der Waals surface area contributed by atoms with Gasteiger partial charge in [0.05, 0.1) is 6.10 Å². The van der Waals surface area contributed by atoms with Crippen molar-refractivity contribution >= 4 is 0 Å². The standard InChI is InChI=1S/C17H25F2NO/c1-11(2)12-3-5-17(10-20,6-4-12)16(21)13-7-14(18)9-15(19)8-13/h7-9,11-12,16,21H,3-6,10,20H2,1-2H3. The largest absolute Gasteiger partial charge is 0.388 e. The summed E-state index contributed by atoms with van der Waals surface area (Å²) in [7, 11) is 0. The smallest absolute Gasteiger partial charge is 0.126 e. The van der Waals surface area contributed by atoms with E-state index < -0.39 is 23.2 Å². The molecule has 0 heterocycles. The van der Waals surface area contributed by atoms with Gasteiger partial charge < -0.3 is 10.8 Å². The van der Waals surface area contributed by atoms with Gasteiger partial charge in [-0.05, 0) is 55.2 Å². The predicted molar refractivity (Wildman–Crippen MR) is 79.6 cm³/mol. The molecular weight excluding hydrogens is 272 g/mol. The van der Waals surface area contributed by atoms with E-state index in [0.717, 1.165) is 31.7 Å². The van der Waals surface area contributed by atoms with Crippen molar-refractivity contribution in [3.05, 3.63) is 35.4 Å². The lowest BCUT2D eigenvalue weighted by Gasteiger charge is -2.44. The number of rotatable bonds is 4. The Kier molecular flexibility index (Phi) is 4.99. The Morgan fingerprint density at radius 2 is 1.71 bits per heavy atom. The molecule has 0 saturated heterocycles. The van der Waals surface area contributed by atoms with Gasteiger partial charge in [-0.15, -0.1) is 0 Å². The van der Waals surface area contributed by atoms with E-state index in [4.69, 9.17) is 5.73 Å². The summed E-state index contributed by atoms with van der Waals surface area (Å²) in [5.74, 6) is -0.0650. The van der Waals surface area contributed by atoms with E-state index in [1.165, 1.54) is 12.1 Å². The zero-order valence-corrected chi connectivity index (χ0v) is 12.8. The van der Waals surface area contributed by atoms with E-state index in [9.17, 15) is 13.9 Å². The lowest BCUT2D eigenvalue weighted by molar-refractivity contribution is -0.0151. The Labute approximate surface area is 125 Å². The molecule has 0 spiro atoms. The van der Waals surface area contributed by atoms with Gasteiger partial charge in [0.1, 0.15) is 11.6 Å². The fraction of sp³-hybridized carbons (Fsp3) is 0.647. The van der Waals surface area contributed by atoms with Crippen LogP contribution in [0.4, 0.5) is 8.78 Å². The Morgan fingerprint density at radius 1 is 1.19 bits per heavy atom. The van der Waals surface area contributed by atoms with Gasteiger partial charge in [0.25, 0.3) is 0 Å². The van der Waals surface area contributed by atoms with Gasteiger partial charge in [-0.25, -0.2) is 8.78 Å². The summed E-state index contributed by atoms with van der Waals surface area (Å²) in [6, 6.07) is 3.24. The van der Waals surface area contributed by atoms with Gasteiger partial charge in [-0.3, -0.25) is 0 Å². The quantitative estimate of drug-likeness (QED) is 0.888. The molecule has 118 valence electrons. The van der Waals surface area contributed by atoms with Gasteiger partial charge in [-0.2, -0.15) is 0 Å². The minimum absolute atomic E-state index is 0.293. The summed E-state index contributed by atoms with van der Waals surface area (Å²) < 4.78 is 26.7. The fourth-order valence-electron chi connectivity index (χ4n) is 3.56. The van der Waals surface area contributed by atoms with E-state index in [-0.39, 0.29) is 0 Å². The van der Waals surface area contributed by atoms with Crippen LogP contribution in [-0.4, -0.2) is 11.7 Å². The van der Waals surface area contributed by atoms with Gasteiger partial charge in [-0.1, -0.05) is 13.8 Å². The first kappa shape index (κ1) is 16.4. The first-order valence-electron chi connectivity index (χ1n) is 7.72. The molecule has 0 amide bonds. The maximum absolute atomic E-state index is 13.4. The number of nitrogens with two attached hydrogens (primary N) is 1. The van der Waals surface area contributed by atoms with Crippen LogP contribution in [0.1, 0.15) is 51.2 Å². The first-order chi connectivity index (χ1) is 9.88. The van der Waals surface area contributed by atoms with E-state index in [2.05, 4.69) is 13.8 Å². The fourth-order valence-corrected chi connectivity index (χ4v) is 3.56. The molecular formula is C17H25F2NO. The van der Waals surface area contributed by atoms with Crippen LogP contribution >= 0.6 is 0 Å². The van der Waals surface area contributed by atoms with E-state index in [1.807, 2.05) is 0 Å². The van der Waals surface area contributed by atoms with Crippen molar-refractivity contribution in [3.8, 4) is 0 Å². The molecule has 3 N–H and O–H groups in total. The number of aliphatic hydroxyl groups is 1. The molecule has 2 rings (SSSR count). The van der Waals surface area contributed by atoms with Crippen LogP contribution in [0.25, 0.3) is 0 Å². The van der Waals surface area contributed by atoms with Crippen molar-refractivity contribution in [1.29, 1.82) is 0 Å². The summed E-state index contributed by atoms with van der Waals surface area (Å²) in [4.78, 5) is 0. The molecule has 1 unspecified atom stereocenters. The molecule has 1 atom stereocenters. The second kappa shape index (κ2) is 6.41. The summed E-state index contributed by atoms with van der Waals surface area (Å²) in [5, 5.41) is 10.7. The molecule has 1 aliphatic carbocycles. The van der Waals surface area contributed by atoms with Crippen molar-refractivity contribution in [1.82, 2.24) is 0 Å². The third-order valence-corrected chi connectivity index (χ3v) is 5.16. The van der Waals surface area contributed by atoms with Crippen molar-refractivity contribution in [2.75, 3.05) is 6.54 Å². The summed E-state index contributed by atoms with van der Waals surface area (Å²) >= 11 is 0. The Bertz CT molecular complexity index is 461. The second-order valence-electron chi connectivity index (χ2n) is 6.75. The van der Waals surface area contributed by atoms with Crippen LogP contribution in [0.2, 0.25) is 0 Å². The lowest BCUT2D eigenvalue weighted by Crippen LogP contribution is -2.41. The van der Waals surface area contributed by atoms with Crippen molar-refractivity contribution in [2.45, 2.75) is 45.6 Å². The highest BCUT2D eigenvalue weighted by molar-refractivity contribution is 5.22. The molecule has 0 radical (unpaired) electrons. The van der Waals surface area contributed by atoms with Gasteiger partial charge >= 0.3 is 0 Å². The third-order valence-electron chi connectivity index (χ3n) is 5.16. The van der Waals surface area contributed by atoms with Crippen LogP contribution in [0, 0.1) is 28.9 Å². The topological polar surface area (TPSA) is 46.2 Å². The summed E-state index contributed by atoms with van der Waals surface area (Å²) in [6.45, 7) is 4.74. The minimum atomic E-state index is -0.916. The number of hydrogen-bond acceptors (Lipinski definition) is 2. The summed E-state index contributed by atoms with van der Waals surface area (Å²) in [6.07, 6.45) is 2.69. The molecule has 1 aliphatic rings. The first-order valence-corrected chi connectivity index (χ1v) is 7.72. The molecule has 0 aliphatic heterocycles. The van der Waals surface area contributed by atoms with E-state index in [1.54, 1.807) is 0 Å². The Balaban J connectivity index is 2.21. The molecule has 21 heavy (non-hydrogen) atoms. The van der Waals surface area contributed by atoms with E-state index >= 15 is 0 Å². The molecule has 1 aromatic rings. The Morgan fingerprint density at radius 3 is 2.14 bits per heavy atom. The van der Waals surface area contributed by atoms with E-state index in [0.29, 0.717) is 23.9 Å². The van der Waals surface area contributed by atoms with Crippen LogP contribution < -0.4 is 5.73 Å². The molecule has 2 nitrogen and oxygen atoms in total. The highest BCUT2D eigenvalue weighted by Crippen LogP contribution is 2.48. The van der Waals surface area contributed by atoms with Crippen LogP contribution in [-0.2, 0) is 0 Å². The SMILES string of the molecule is CC(C)C1CCC(CN)(C(O)c2cc(F)cc(F)c2)CC1. The average Bonchev–Trinajstić information content (AvgIpc) is 2.45. The van der Waals surface area contributed by atoms with Crippen molar-refractivity contribution < 1.29 is 13.9 Å². The third kappa shape index (κ3) is 3.43. The lowest BCUT2D eigenvalue weighted by atomic mass is 9.64. The highest BCUT2D eigenvalue weighted by atomic mass is 19.1. The number of aliphatic hydroxyl groups excluding tert-OH is 1. The monoisotopic (exact) mass is 297 g/mol. The molecule has 0 aromatic heterocycles. The van der Waals surface area contributed by atoms with Crippen LogP contribution in [0.15, 0.2) is 18.2 Å². The predicted octanol–water partition coefficient (Wildman–Crippen LogP) is 3.79. The summed E-state index contributed by atoms with van der Waals surface area (Å²) in [5.41, 5.74) is 5.75. The van der Waals surface area contributed by atoms with Crippen LogP contribution in [0.5, 0.6) is 0 Å². The molecule has 0 bridgehead atoms. The highest BCUT2D eigenvalue weighted by Gasteiger charge is 2.41. The van der Waals surface area contributed by atoms with Gasteiger partial charge in [0.2, 0.25) is 0 Å². The van der Waals surface area contributed by atoms with Crippen molar-refractivity contribution in [2.24, 2.45) is 23.0 Å². The van der Waals surface area contributed by atoms with Gasteiger partial charge in [0.15, 0.2) is 0 Å². The van der Waals surface area contributed by atoms with Crippen molar-refractivity contribution in [3.63, 3.8) is 0 Å². The maximum atomic E-state index is 13.4. The molecule has 1 aromatic carbocycles. The zero-order chi connectivity index (χ0) is 15.6. The number of hydrogen-bond donors (Lipinski definition) is 2. The zero-order valence-electron chi connectivity index (χ0n) is 12.8. The molecule has 4 heteroatoms. The minimum Gasteiger partial charge on any atom is -0.388 e. The second-order valence-corrected chi connectivity index (χ2v) is 6.75. The Hall–Kier alpha value is -1.00. The number of benzene rings is 1. The average molecular weight is 297 g/mol. The van der Waals surface area contributed by atoms with Crippen LogP contribution in [0.3, 0.4) is 0 Å². The normalized spacial score (nSPS) is 27.9.